The van der Waals surface area contributed by atoms with Crippen LogP contribution in [0.3, 0.4) is 0 Å². The number of fused-ring (bicyclic) bond motifs is 1. The minimum absolute atomic E-state index is 0.0574. The van der Waals surface area contributed by atoms with Crippen LogP contribution < -0.4 is 10.2 Å². The van der Waals surface area contributed by atoms with Crippen molar-refractivity contribution < 1.29 is 9.53 Å². The van der Waals surface area contributed by atoms with Crippen LogP contribution in [0.5, 0.6) is 0 Å². The number of hydrogen-bond donors (Lipinski definition) is 2. The van der Waals surface area contributed by atoms with Crippen molar-refractivity contribution in [1.29, 1.82) is 5.26 Å². The van der Waals surface area contributed by atoms with Crippen LogP contribution in [0, 0.1) is 11.3 Å². The molecule has 3 aromatic rings. The minimum Gasteiger partial charge on any atom is -0.378 e. The SMILES string of the molecule is N#CC(=Cc1c[nH]c2ccccc12)C(=O)Nc1ccc(N2CCOCC2)cc1. The average Bonchev–Trinajstić information content (AvgIpc) is 3.16. The van der Waals surface area contributed by atoms with Crippen LogP contribution in [0.25, 0.3) is 17.0 Å². The number of hydrogen-bond acceptors (Lipinski definition) is 4. The van der Waals surface area contributed by atoms with Gasteiger partial charge in [0.05, 0.1) is 13.2 Å². The molecule has 0 saturated carbocycles. The Morgan fingerprint density at radius 1 is 1.14 bits per heavy atom. The van der Waals surface area contributed by atoms with E-state index in [0.717, 1.165) is 48.5 Å². The molecule has 0 unspecified atom stereocenters. The van der Waals surface area contributed by atoms with Gasteiger partial charge in [-0.25, -0.2) is 0 Å². The first-order valence-electron chi connectivity index (χ1n) is 9.16. The Kier molecular flexibility index (Phi) is 5.09. The second kappa shape index (κ2) is 7.99. The number of benzene rings is 2. The number of carbonyl (C=O) groups excluding carboxylic acids is 1. The molecule has 1 saturated heterocycles. The van der Waals surface area contributed by atoms with Gasteiger partial charge in [-0.05, 0) is 36.4 Å². The van der Waals surface area contributed by atoms with E-state index in [4.69, 9.17) is 4.74 Å². The number of aromatic nitrogens is 1. The first-order chi connectivity index (χ1) is 13.7. The highest BCUT2D eigenvalue weighted by molar-refractivity contribution is 6.10. The Hall–Kier alpha value is -3.56. The second-order valence-corrected chi connectivity index (χ2v) is 6.56. The first kappa shape index (κ1) is 17.8. The van der Waals surface area contributed by atoms with Crippen LogP contribution in [-0.2, 0) is 9.53 Å². The number of nitrogens with one attached hydrogen (secondary N) is 2. The topological polar surface area (TPSA) is 81.1 Å². The van der Waals surface area contributed by atoms with Crippen LogP contribution in [-0.4, -0.2) is 37.2 Å². The summed E-state index contributed by atoms with van der Waals surface area (Å²) in [5.41, 5.74) is 3.58. The molecule has 6 heteroatoms. The highest BCUT2D eigenvalue weighted by atomic mass is 16.5. The molecule has 2 aromatic carbocycles. The van der Waals surface area contributed by atoms with Crippen molar-refractivity contribution in [3.63, 3.8) is 0 Å². The van der Waals surface area contributed by atoms with Crippen molar-refractivity contribution in [3.05, 3.63) is 65.9 Å². The van der Waals surface area contributed by atoms with Crippen molar-refractivity contribution in [2.45, 2.75) is 0 Å². The highest BCUT2D eigenvalue weighted by Crippen LogP contribution is 2.22. The molecule has 2 heterocycles. The Morgan fingerprint density at radius 2 is 1.89 bits per heavy atom. The van der Waals surface area contributed by atoms with Gasteiger partial charge in [0.2, 0.25) is 0 Å². The first-order valence-corrected chi connectivity index (χ1v) is 9.16. The zero-order valence-electron chi connectivity index (χ0n) is 15.3. The number of amides is 1. The van der Waals surface area contributed by atoms with E-state index in [1.54, 1.807) is 12.3 Å². The van der Waals surface area contributed by atoms with Crippen LogP contribution in [0.1, 0.15) is 5.56 Å². The summed E-state index contributed by atoms with van der Waals surface area (Å²) in [6.45, 7) is 3.17. The largest absolute Gasteiger partial charge is 0.378 e. The van der Waals surface area contributed by atoms with Crippen molar-refractivity contribution in [2.24, 2.45) is 0 Å². The molecule has 0 atom stereocenters. The quantitative estimate of drug-likeness (QED) is 0.542. The third kappa shape index (κ3) is 3.75. The number of nitriles is 1. The van der Waals surface area contributed by atoms with Gasteiger partial charge in [0.25, 0.3) is 5.91 Å². The van der Waals surface area contributed by atoms with Crippen molar-refractivity contribution in [3.8, 4) is 6.07 Å². The van der Waals surface area contributed by atoms with E-state index in [1.807, 2.05) is 54.6 Å². The van der Waals surface area contributed by atoms with Gasteiger partial charge in [0.1, 0.15) is 11.6 Å². The normalized spacial score (nSPS) is 14.7. The minimum atomic E-state index is -0.424. The Bertz CT molecular complexity index is 1050. The molecule has 0 bridgehead atoms. The number of para-hydroxylation sites is 1. The van der Waals surface area contributed by atoms with Crippen molar-refractivity contribution >= 4 is 34.3 Å². The molecule has 1 fully saturated rings. The lowest BCUT2D eigenvalue weighted by atomic mass is 10.1. The summed E-state index contributed by atoms with van der Waals surface area (Å²) in [5.74, 6) is -0.424. The third-order valence-electron chi connectivity index (χ3n) is 4.79. The fourth-order valence-electron chi connectivity index (χ4n) is 3.29. The molecule has 1 aromatic heterocycles. The standard InChI is InChI=1S/C22H20N4O2/c23-14-16(13-17-15-24-21-4-2-1-3-20(17)21)22(27)25-18-5-7-19(8-6-18)26-9-11-28-12-10-26/h1-8,13,15,24H,9-12H2,(H,25,27). The van der Waals surface area contributed by atoms with Gasteiger partial charge in [-0.2, -0.15) is 5.26 Å². The third-order valence-corrected chi connectivity index (χ3v) is 4.79. The molecule has 0 spiro atoms. The van der Waals surface area contributed by atoms with Gasteiger partial charge in [0.15, 0.2) is 0 Å². The van der Waals surface area contributed by atoms with Crippen molar-refractivity contribution in [2.75, 3.05) is 36.5 Å². The molecule has 1 amide bonds. The van der Waals surface area contributed by atoms with E-state index < -0.39 is 5.91 Å². The van der Waals surface area contributed by atoms with E-state index in [1.165, 1.54) is 0 Å². The van der Waals surface area contributed by atoms with E-state index in [2.05, 4.69) is 15.2 Å². The Balaban J connectivity index is 1.49. The van der Waals surface area contributed by atoms with Gasteiger partial charge in [-0.15, -0.1) is 0 Å². The van der Waals surface area contributed by atoms with Crippen LogP contribution in [0.2, 0.25) is 0 Å². The summed E-state index contributed by atoms with van der Waals surface area (Å²) >= 11 is 0. The maximum absolute atomic E-state index is 12.6. The lowest BCUT2D eigenvalue weighted by Crippen LogP contribution is -2.36. The van der Waals surface area contributed by atoms with Crippen LogP contribution >= 0.6 is 0 Å². The number of rotatable bonds is 4. The lowest BCUT2D eigenvalue weighted by molar-refractivity contribution is -0.112. The van der Waals surface area contributed by atoms with Crippen molar-refractivity contribution in [1.82, 2.24) is 4.98 Å². The second-order valence-electron chi connectivity index (χ2n) is 6.56. The monoisotopic (exact) mass is 372 g/mol. The molecule has 140 valence electrons. The number of aromatic amines is 1. The van der Waals surface area contributed by atoms with Crippen LogP contribution in [0.4, 0.5) is 11.4 Å². The fourth-order valence-corrected chi connectivity index (χ4v) is 3.29. The highest BCUT2D eigenvalue weighted by Gasteiger charge is 2.13. The summed E-state index contributed by atoms with van der Waals surface area (Å²) in [6, 6.07) is 17.4. The number of nitrogens with zero attached hydrogens (tertiary/aromatic N) is 2. The Labute approximate surface area is 163 Å². The lowest BCUT2D eigenvalue weighted by Gasteiger charge is -2.28. The maximum atomic E-state index is 12.6. The molecule has 0 aliphatic carbocycles. The number of ether oxygens (including phenoxy) is 1. The van der Waals surface area contributed by atoms with E-state index in [-0.39, 0.29) is 5.57 Å². The van der Waals surface area contributed by atoms with E-state index >= 15 is 0 Å². The summed E-state index contributed by atoms with van der Waals surface area (Å²) in [4.78, 5) is 17.9. The van der Waals surface area contributed by atoms with Crippen LogP contribution in [0.15, 0.2) is 60.3 Å². The number of H-pyrrole nitrogens is 1. The molecule has 6 nitrogen and oxygen atoms in total. The maximum Gasteiger partial charge on any atom is 0.266 e. The summed E-state index contributed by atoms with van der Waals surface area (Å²) in [6.07, 6.45) is 3.41. The Morgan fingerprint density at radius 3 is 2.64 bits per heavy atom. The number of anilines is 2. The fraction of sp³-hybridized carbons (Fsp3) is 0.182. The molecule has 1 aliphatic rings. The summed E-state index contributed by atoms with van der Waals surface area (Å²) in [7, 11) is 0. The van der Waals surface area contributed by atoms with Gasteiger partial charge >= 0.3 is 0 Å². The van der Waals surface area contributed by atoms with E-state index in [0.29, 0.717) is 5.69 Å². The molecule has 1 aliphatic heterocycles. The molecule has 2 N–H and O–H groups in total. The summed E-state index contributed by atoms with van der Waals surface area (Å²) < 4.78 is 5.37. The van der Waals surface area contributed by atoms with Gasteiger partial charge in [0, 0.05) is 47.1 Å². The predicted octanol–water partition coefficient (Wildman–Crippen LogP) is 3.55. The van der Waals surface area contributed by atoms with Gasteiger partial charge in [-0.3, -0.25) is 4.79 Å². The zero-order chi connectivity index (χ0) is 19.3. The smallest absolute Gasteiger partial charge is 0.266 e. The number of carbonyl (C=O) groups is 1. The molecular weight excluding hydrogens is 352 g/mol. The zero-order valence-corrected chi connectivity index (χ0v) is 15.3. The summed E-state index contributed by atoms with van der Waals surface area (Å²) in [5, 5.41) is 13.2. The molecule has 4 rings (SSSR count). The number of morpholine rings is 1. The molecule has 28 heavy (non-hydrogen) atoms. The van der Waals surface area contributed by atoms with E-state index in [9.17, 15) is 10.1 Å². The van der Waals surface area contributed by atoms with Gasteiger partial charge < -0.3 is 19.9 Å². The molecule has 0 radical (unpaired) electrons. The average molecular weight is 372 g/mol. The predicted molar refractivity (Wildman–Crippen MR) is 110 cm³/mol. The van der Waals surface area contributed by atoms with Gasteiger partial charge in [-0.1, -0.05) is 18.2 Å². The molecular formula is C22H20N4O2.